The number of halogens is 3. The van der Waals surface area contributed by atoms with Gasteiger partial charge in [-0.15, -0.1) is 10.2 Å². The molecule has 0 saturated heterocycles. The van der Waals surface area contributed by atoms with E-state index < -0.39 is 45.4 Å². The summed E-state index contributed by atoms with van der Waals surface area (Å²) < 4.78 is 83.8. The van der Waals surface area contributed by atoms with Crippen LogP contribution in [0.2, 0.25) is 0 Å². The Morgan fingerprint density at radius 1 is 1.06 bits per heavy atom. The van der Waals surface area contributed by atoms with Crippen molar-refractivity contribution >= 4 is 27.5 Å². The minimum absolute atomic E-state index is 0.00182. The van der Waals surface area contributed by atoms with Crippen molar-refractivity contribution in [3.05, 3.63) is 75.7 Å². The average Bonchev–Trinajstić information content (AvgIpc) is 3.51. The van der Waals surface area contributed by atoms with Crippen LogP contribution in [0.15, 0.2) is 41.4 Å². The first-order valence-corrected chi connectivity index (χ1v) is 18.7. The molecule has 4 heterocycles. The SMILES string of the molecule is Cc1ccc([C@H](c2ccn3c(C(F)(F)F)nnc3c2C)C(C)(C)C(=O)O)cc1CN1CCCOCCOc2nc(NC3CC(O)C3)c(C)cc2S1(=O)=O. The smallest absolute Gasteiger partial charge is 0.452 e. The summed E-state index contributed by atoms with van der Waals surface area (Å²) in [5.74, 6) is -2.83. The lowest BCUT2D eigenvalue weighted by Gasteiger charge is -2.33. The summed E-state index contributed by atoms with van der Waals surface area (Å²) in [6.45, 7) is 8.83. The van der Waals surface area contributed by atoms with Crippen molar-refractivity contribution in [2.24, 2.45) is 5.41 Å². The van der Waals surface area contributed by atoms with Gasteiger partial charge >= 0.3 is 12.1 Å². The number of alkyl halides is 3. The molecule has 0 radical (unpaired) electrons. The van der Waals surface area contributed by atoms with Gasteiger partial charge in [0.25, 0.3) is 0 Å². The number of nitrogens with zero attached hydrogens (tertiary/aromatic N) is 5. The summed E-state index contributed by atoms with van der Waals surface area (Å²) in [6.07, 6.45) is -2.47. The van der Waals surface area contributed by atoms with Crippen molar-refractivity contribution in [2.45, 2.75) is 89.6 Å². The molecule has 3 N–H and O–H groups in total. The van der Waals surface area contributed by atoms with Gasteiger partial charge in [0.15, 0.2) is 5.65 Å². The van der Waals surface area contributed by atoms with Crippen LogP contribution in [0.3, 0.4) is 0 Å². The molecule has 0 bridgehead atoms. The van der Waals surface area contributed by atoms with Crippen LogP contribution in [0.5, 0.6) is 5.88 Å². The van der Waals surface area contributed by atoms with Crippen molar-refractivity contribution in [3.8, 4) is 5.88 Å². The van der Waals surface area contributed by atoms with Gasteiger partial charge < -0.3 is 25.0 Å². The third kappa shape index (κ3) is 7.57. The molecule has 0 spiro atoms. The zero-order valence-electron chi connectivity index (χ0n) is 30.1. The number of hydrogen-bond donors (Lipinski definition) is 3. The largest absolute Gasteiger partial charge is 0.481 e. The highest BCUT2D eigenvalue weighted by Crippen LogP contribution is 2.44. The van der Waals surface area contributed by atoms with Crippen LogP contribution in [0.25, 0.3) is 5.65 Å². The van der Waals surface area contributed by atoms with E-state index >= 15 is 0 Å². The van der Waals surface area contributed by atoms with Crippen molar-refractivity contribution < 1.29 is 46.1 Å². The van der Waals surface area contributed by atoms with E-state index in [-0.39, 0.29) is 55.4 Å². The van der Waals surface area contributed by atoms with E-state index in [1.807, 2.05) is 6.92 Å². The van der Waals surface area contributed by atoms with Gasteiger partial charge in [-0.2, -0.15) is 22.5 Å². The third-order valence-electron chi connectivity index (χ3n) is 10.1. The highest BCUT2D eigenvalue weighted by Gasteiger charge is 2.42. The number of fused-ring (bicyclic) bond motifs is 2. The molecule has 286 valence electrons. The Morgan fingerprint density at radius 3 is 2.47 bits per heavy atom. The van der Waals surface area contributed by atoms with Gasteiger partial charge in [-0.1, -0.05) is 18.2 Å². The second-order valence-electron chi connectivity index (χ2n) is 14.3. The molecule has 17 heteroatoms. The molecule has 6 rings (SSSR count). The number of carbonyl (C=O) groups is 1. The predicted molar refractivity (Wildman–Crippen MR) is 187 cm³/mol. The normalized spacial score (nSPS) is 20.5. The summed E-state index contributed by atoms with van der Waals surface area (Å²) in [5.41, 5.74) is 1.70. The fourth-order valence-corrected chi connectivity index (χ4v) is 8.52. The quantitative estimate of drug-likeness (QED) is 0.215. The van der Waals surface area contributed by atoms with Crippen molar-refractivity contribution in [1.29, 1.82) is 0 Å². The molecule has 13 nitrogen and oxygen atoms in total. The number of rotatable bonds is 8. The lowest BCUT2D eigenvalue weighted by molar-refractivity contribution is -0.147. The van der Waals surface area contributed by atoms with E-state index in [0.29, 0.717) is 52.9 Å². The fraction of sp³-hybridized carbons (Fsp3) is 0.500. The van der Waals surface area contributed by atoms with Gasteiger partial charge in [-0.25, -0.2) is 8.42 Å². The summed E-state index contributed by atoms with van der Waals surface area (Å²) in [5, 5.41) is 30.6. The number of pyridine rings is 2. The maximum Gasteiger partial charge on any atom is 0.452 e. The molecule has 3 aromatic heterocycles. The number of anilines is 1. The van der Waals surface area contributed by atoms with Gasteiger partial charge in [-0.3, -0.25) is 9.20 Å². The molecule has 2 aliphatic rings. The van der Waals surface area contributed by atoms with Crippen LogP contribution in [0.1, 0.15) is 78.2 Å². The second kappa shape index (κ2) is 14.5. The Labute approximate surface area is 305 Å². The number of aliphatic hydroxyl groups is 1. The van der Waals surface area contributed by atoms with Crippen LogP contribution >= 0.6 is 0 Å². The van der Waals surface area contributed by atoms with Crippen LogP contribution in [0, 0.1) is 26.2 Å². The Balaban J connectivity index is 1.41. The number of aliphatic carboxylic acids is 1. The van der Waals surface area contributed by atoms with E-state index in [4.69, 9.17) is 9.47 Å². The number of nitrogens with one attached hydrogen (secondary N) is 1. The molecule has 0 unspecified atom stereocenters. The maximum atomic E-state index is 14.5. The third-order valence-corrected chi connectivity index (χ3v) is 12.0. The number of sulfonamides is 1. The number of carboxylic acids is 1. The highest BCUT2D eigenvalue weighted by atomic mass is 32.2. The van der Waals surface area contributed by atoms with Crippen LogP contribution in [-0.2, 0) is 32.3 Å². The monoisotopic (exact) mass is 760 g/mol. The number of benzene rings is 1. The molecule has 0 amide bonds. The van der Waals surface area contributed by atoms with Gasteiger partial charge in [0, 0.05) is 37.9 Å². The first-order valence-electron chi connectivity index (χ1n) is 17.3. The second-order valence-corrected chi connectivity index (χ2v) is 16.2. The Bertz CT molecular complexity index is 2130. The lowest BCUT2D eigenvalue weighted by atomic mass is 9.70. The zero-order valence-corrected chi connectivity index (χ0v) is 30.9. The zero-order chi connectivity index (χ0) is 38.5. The summed E-state index contributed by atoms with van der Waals surface area (Å²) >= 11 is 0. The highest BCUT2D eigenvalue weighted by molar-refractivity contribution is 7.89. The summed E-state index contributed by atoms with van der Waals surface area (Å²) in [4.78, 5) is 17.2. The minimum atomic E-state index is -4.75. The molecule has 1 aliphatic heterocycles. The van der Waals surface area contributed by atoms with Crippen LogP contribution < -0.4 is 10.1 Å². The number of aromatic nitrogens is 4. The van der Waals surface area contributed by atoms with Gasteiger partial charge in [0.1, 0.15) is 17.3 Å². The molecule has 1 saturated carbocycles. The number of aliphatic hydroxyl groups excluding tert-OH is 1. The summed E-state index contributed by atoms with van der Waals surface area (Å²) in [7, 11) is -4.23. The van der Waals surface area contributed by atoms with Crippen molar-refractivity contribution in [1.82, 2.24) is 23.9 Å². The number of aryl methyl sites for hydroxylation is 3. The number of hydrogen-bond acceptors (Lipinski definition) is 10. The average molecular weight is 761 g/mol. The molecule has 4 aromatic rings. The molecule has 1 aromatic carbocycles. The van der Waals surface area contributed by atoms with E-state index in [1.54, 1.807) is 32.0 Å². The van der Waals surface area contributed by atoms with Crippen LogP contribution in [0.4, 0.5) is 19.0 Å². The molecular formula is C36H43F3N6O7S. The molecule has 1 aliphatic carbocycles. The first kappa shape index (κ1) is 38.4. The van der Waals surface area contributed by atoms with E-state index in [1.165, 1.54) is 36.5 Å². The van der Waals surface area contributed by atoms with Crippen LogP contribution in [-0.4, -0.2) is 87.0 Å². The van der Waals surface area contributed by atoms with Gasteiger partial charge in [-0.05, 0) is 99.4 Å². The molecule has 1 atom stereocenters. The number of carboxylic acid groups (broad SMARTS) is 1. The summed E-state index contributed by atoms with van der Waals surface area (Å²) in [6, 6.07) is 8.28. The predicted octanol–water partition coefficient (Wildman–Crippen LogP) is 5.24. The molecule has 1 fully saturated rings. The van der Waals surface area contributed by atoms with Gasteiger partial charge in [0.2, 0.25) is 21.7 Å². The topological polar surface area (TPSA) is 168 Å². The minimum Gasteiger partial charge on any atom is -0.481 e. The fourth-order valence-electron chi connectivity index (χ4n) is 6.91. The van der Waals surface area contributed by atoms with Crippen molar-refractivity contribution in [2.75, 3.05) is 31.7 Å². The van der Waals surface area contributed by atoms with E-state index in [0.717, 1.165) is 9.96 Å². The first-order chi connectivity index (χ1) is 24.9. The Hall–Kier alpha value is -4.32. The van der Waals surface area contributed by atoms with Gasteiger partial charge in [0.05, 0.1) is 18.1 Å². The molecule has 53 heavy (non-hydrogen) atoms. The Kier molecular flexibility index (Phi) is 10.5. The van der Waals surface area contributed by atoms with Crippen molar-refractivity contribution in [3.63, 3.8) is 0 Å². The standard InChI is InChI=1S/C36H43F3N6O7S/c1-20-7-8-23(29(35(4,5)34(47)48)27-9-11-45-31(22(27)3)42-43-33(45)36(37,38)39)16-24(20)19-44-10-6-12-51-13-14-52-32-28(53(44,49)50)15-21(2)30(41-32)40-25-17-26(46)18-25/h7-9,11,15-16,25-26,29,46H,6,10,12-14,17-19H2,1-5H3,(H,40,41)(H,47,48)/t25?,26?,29-/m1/s1. The molecular weight excluding hydrogens is 717 g/mol. The maximum absolute atomic E-state index is 14.5. The Morgan fingerprint density at radius 2 is 1.79 bits per heavy atom. The van der Waals surface area contributed by atoms with E-state index in [9.17, 15) is 36.6 Å². The lowest BCUT2D eigenvalue weighted by Crippen LogP contribution is -2.39. The number of ether oxygens (including phenoxy) is 2. The van der Waals surface area contributed by atoms with E-state index in [2.05, 4.69) is 20.5 Å².